The molecule has 0 radical (unpaired) electrons. The Morgan fingerprint density at radius 3 is 2.67 bits per heavy atom. The van der Waals surface area contributed by atoms with Crippen molar-refractivity contribution in [1.29, 1.82) is 0 Å². The van der Waals surface area contributed by atoms with Gasteiger partial charge in [-0.05, 0) is 19.3 Å². The molecule has 1 saturated carbocycles. The van der Waals surface area contributed by atoms with Crippen molar-refractivity contribution in [2.75, 3.05) is 20.2 Å². The molecule has 2 rings (SSSR count). The Kier molecular flexibility index (Phi) is 2.35. The van der Waals surface area contributed by atoms with Gasteiger partial charge in [-0.25, -0.2) is 0 Å². The molecule has 1 N–H and O–H groups in total. The number of likely N-dealkylation sites (tertiary alicyclic amines) is 1. The van der Waals surface area contributed by atoms with Gasteiger partial charge in [0.25, 0.3) is 0 Å². The van der Waals surface area contributed by atoms with E-state index in [9.17, 15) is 0 Å². The van der Waals surface area contributed by atoms with E-state index in [0.717, 1.165) is 13.1 Å². The van der Waals surface area contributed by atoms with Crippen molar-refractivity contribution in [3.8, 4) is 0 Å². The molecular weight excluding hydrogens is 154 g/mol. The van der Waals surface area contributed by atoms with Gasteiger partial charge < -0.3 is 9.84 Å². The first-order chi connectivity index (χ1) is 5.81. The van der Waals surface area contributed by atoms with Gasteiger partial charge in [0.05, 0.1) is 12.2 Å². The number of methoxy groups -OCH3 is 1. The smallest absolute Gasteiger partial charge is 0.0794 e. The third kappa shape index (κ3) is 1.37. The maximum Gasteiger partial charge on any atom is 0.0794 e. The van der Waals surface area contributed by atoms with Crippen LogP contribution in [-0.4, -0.2) is 48.5 Å². The number of hydrogen-bond donors (Lipinski definition) is 1. The first-order valence-electron chi connectivity index (χ1n) is 4.76. The second kappa shape index (κ2) is 3.32. The van der Waals surface area contributed by atoms with E-state index in [-0.39, 0.29) is 6.10 Å². The molecule has 70 valence electrons. The van der Waals surface area contributed by atoms with Crippen LogP contribution >= 0.6 is 0 Å². The van der Waals surface area contributed by atoms with Crippen molar-refractivity contribution in [3.05, 3.63) is 0 Å². The zero-order valence-electron chi connectivity index (χ0n) is 7.57. The number of ether oxygens (including phenoxy) is 1. The van der Waals surface area contributed by atoms with E-state index in [1.54, 1.807) is 7.11 Å². The van der Waals surface area contributed by atoms with Crippen LogP contribution in [0.5, 0.6) is 0 Å². The molecule has 0 aromatic rings. The fraction of sp³-hybridized carbons (Fsp3) is 1.00. The lowest BCUT2D eigenvalue weighted by atomic mass is 10.1. The van der Waals surface area contributed by atoms with Crippen LogP contribution in [0.25, 0.3) is 0 Å². The molecule has 1 aliphatic carbocycles. The highest BCUT2D eigenvalue weighted by Gasteiger charge is 2.38. The molecule has 0 amide bonds. The normalized spacial score (nSPS) is 38.5. The fourth-order valence-corrected chi connectivity index (χ4v) is 2.36. The Hall–Kier alpha value is -0.120. The summed E-state index contributed by atoms with van der Waals surface area (Å²) >= 11 is 0. The predicted octanol–water partition coefficient (Wildman–Crippen LogP) is 0.230. The van der Waals surface area contributed by atoms with Gasteiger partial charge in [-0.15, -0.1) is 0 Å². The molecule has 2 aliphatic rings. The van der Waals surface area contributed by atoms with E-state index in [1.807, 2.05) is 0 Å². The average molecular weight is 171 g/mol. The topological polar surface area (TPSA) is 32.7 Å². The second-order valence-electron chi connectivity index (χ2n) is 3.88. The van der Waals surface area contributed by atoms with Crippen molar-refractivity contribution < 1.29 is 9.84 Å². The van der Waals surface area contributed by atoms with Crippen molar-refractivity contribution >= 4 is 0 Å². The lowest BCUT2D eigenvalue weighted by molar-refractivity contribution is -0.0596. The van der Waals surface area contributed by atoms with Crippen molar-refractivity contribution in [1.82, 2.24) is 4.90 Å². The molecule has 2 unspecified atom stereocenters. The Bertz CT molecular complexity index is 157. The SMILES string of the molecule is COC1CCCC1N1CC(O)C1. The molecule has 2 fully saturated rings. The van der Waals surface area contributed by atoms with Gasteiger partial charge >= 0.3 is 0 Å². The van der Waals surface area contributed by atoms with Crippen LogP contribution in [0.2, 0.25) is 0 Å². The molecule has 0 bridgehead atoms. The van der Waals surface area contributed by atoms with Gasteiger partial charge in [-0.1, -0.05) is 0 Å². The van der Waals surface area contributed by atoms with Crippen LogP contribution in [0.15, 0.2) is 0 Å². The standard InChI is InChI=1S/C9H17NO2/c1-12-9-4-2-3-8(9)10-5-7(11)6-10/h7-9,11H,2-6H2,1H3. The lowest BCUT2D eigenvalue weighted by Crippen LogP contribution is -2.57. The van der Waals surface area contributed by atoms with Gasteiger partial charge in [0.2, 0.25) is 0 Å². The molecule has 1 saturated heterocycles. The zero-order valence-corrected chi connectivity index (χ0v) is 7.57. The molecule has 0 aromatic carbocycles. The molecule has 1 heterocycles. The molecule has 2 atom stereocenters. The molecule has 3 nitrogen and oxygen atoms in total. The number of rotatable bonds is 2. The van der Waals surface area contributed by atoms with Crippen LogP contribution < -0.4 is 0 Å². The molecular formula is C9H17NO2. The minimum atomic E-state index is -0.0805. The Labute approximate surface area is 73.3 Å². The van der Waals surface area contributed by atoms with Gasteiger partial charge in [-0.3, -0.25) is 4.90 Å². The quantitative estimate of drug-likeness (QED) is 0.645. The Morgan fingerprint density at radius 2 is 2.08 bits per heavy atom. The van der Waals surface area contributed by atoms with Gasteiger partial charge in [0.1, 0.15) is 0 Å². The third-order valence-corrected chi connectivity index (χ3v) is 3.08. The summed E-state index contributed by atoms with van der Waals surface area (Å²) in [6.07, 6.45) is 4.04. The van der Waals surface area contributed by atoms with Crippen LogP contribution in [0.3, 0.4) is 0 Å². The molecule has 12 heavy (non-hydrogen) atoms. The molecule has 0 spiro atoms. The second-order valence-corrected chi connectivity index (χ2v) is 3.88. The zero-order chi connectivity index (χ0) is 8.55. The first-order valence-corrected chi connectivity index (χ1v) is 4.76. The summed E-state index contributed by atoms with van der Waals surface area (Å²) in [6, 6.07) is 0.582. The summed E-state index contributed by atoms with van der Waals surface area (Å²) < 4.78 is 5.39. The van der Waals surface area contributed by atoms with Crippen LogP contribution in [0, 0.1) is 0 Å². The highest BCUT2D eigenvalue weighted by atomic mass is 16.5. The summed E-state index contributed by atoms with van der Waals surface area (Å²) in [5.41, 5.74) is 0. The number of nitrogens with zero attached hydrogens (tertiary/aromatic N) is 1. The highest BCUT2D eigenvalue weighted by molar-refractivity contribution is 4.92. The summed E-state index contributed by atoms with van der Waals surface area (Å²) in [5.74, 6) is 0. The van der Waals surface area contributed by atoms with E-state index >= 15 is 0 Å². The van der Waals surface area contributed by atoms with Crippen LogP contribution in [0.1, 0.15) is 19.3 Å². The third-order valence-electron chi connectivity index (χ3n) is 3.08. The van der Waals surface area contributed by atoms with E-state index in [1.165, 1.54) is 19.3 Å². The minimum Gasteiger partial charge on any atom is -0.390 e. The van der Waals surface area contributed by atoms with Gasteiger partial charge in [0, 0.05) is 26.2 Å². The van der Waals surface area contributed by atoms with Gasteiger partial charge in [-0.2, -0.15) is 0 Å². The molecule has 3 heteroatoms. The maximum atomic E-state index is 9.16. The van der Waals surface area contributed by atoms with E-state index in [0.29, 0.717) is 12.1 Å². The molecule has 0 aromatic heterocycles. The van der Waals surface area contributed by atoms with Gasteiger partial charge in [0.15, 0.2) is 0 Å². The number of hydrogen-bond acceptors (Lipinski definition) is 3. The fourth-order valence-electron chi connectivity index (χ4n) is 2.36. The average Bonchev–Trinajstić information content (AvgIpc) is 2.45. The number of aliphatic hydroxyl groups is 1. The van der Waals surface area contributed by atoms with E-state index in [2.05, 4.69) is 4.90 Å². The molecule has 1 aliphatic heterocycles. The number of aliphatic hydroxyl groups excluding tert-OH is 1. The predicted molar refractivity (Wildman–Crippen MR) is 46.0 cm³/mol. The highest BCUT2D eigenvalue weighted by Crippen LogP contribution is 2.29. The largest absolute Gasteiger partial charge is 0.390 e. The first kappa shape index (κ1) is 8.48. The summed E-state index contributed by atoms with van der Waals surface area (Å²) in [5, 5.41) is 9.16. The van der Waals surface area contributed by atoms with Crippen molar-refractivity contribution in [2.24, 2.45) is 0 Å². The van der Waals surface area contributed by atoms with E-state index in [4.69, 9.17) is 9.84 Å². The van der Waals surface area contributed by atoms with Crippen LogP contribution in [0.4, 0.5) is 0 Å². The Morgan fingerprint density at radius 1 is 1.33 bits per heavy atom. The summed E-state index contributed by atoms with van der Waals surface area (Å²) in [7, 11) is 1.79. The monoisotopic (exact) mass is 171 g/mol. The van der Waals surface area contributed by atoms with Crippen LogP contribution in [-0.2, 0) is 4.74 Å². The minimum absolute atomic E-state index is 0.0805. The Balaban J connectivity index is 1.86. The van der Waals surface area contributed by atoms with E-state index < -0.39 is 0 Å². The summed E-state index contributed by atoms with van der Waals surface area (Å²) in [6.45, 7) is 1.70. The number of β-amino-alcohol motifs (C(OH)–C–C–N with tert-alkyl or cyclic N) is 1. The van der Waals surface area contributed by atoms with Crippen molar-refractivity contribution in [3.63, 3.8) is 0 Å². The lowest BCUT2D eigenvalue weighted by Gasteiger charge is -2.42. The van der Waals surface area contributed by atoms with Crippen molar-refractivity contribution in [2.45, 2.75) is 37.5 Å². The maximum absolute atomic E-state index is 9.16. The summed E-state index contributed by atoms with van der Waals surface area (Å²) in [4.78, 5) is 2.34.